The number of benzene rings is 1. The number of pyridine rings is 1. The number of carbonyl (C=O) groups is 1. The Morgan fingerprint density at radius 1 is 1.27 bits per heavy atom. The summed E-state index contributed by atoms with van der Waals surface area (Å²) in [7, 11) is 0. The second kappa shape index (κ2) is 8.41. The Morgan fingerprint density at radius 3 is 2.77 bits per heavy atom. The van der Waals surface area contributed by atoms with Crippen LogP contribution >= 0.6 is 0 Å². The third-order valence-corrected chi connectivity index (χ3v) is 6.85. The zero-order valence-corrected chi connectivity index (χ0v) is 17.2. The average molecular weight is 402 g/mol. The SMILES string of the molecule is C[C@H]1[C@H](/C=C/c2ccc(-c3ccccc3C#N)cn2)[C@H]2[C@@H](C[C@@H]1C)OC(=O)[C@@H]2CO. The number of aromatic nitrogens is 1. The van der Waals surface area contributed by atoms with Crippen molar-refractivity contribution in [1.29, 1.82) is 5.26 Å². The van der Waals surface area contributed by atoms with E-state index < -0.39 is 5.92 Å². The van der Waals surface area contributed by atoms with Gasteiger partial charge in [-0.05, 0) is 42.4 Å². The van der Waals surface area contributed by atoms with Crippen molar-refractivity contribution in [1.82, 2.24) is 4.98 Å². The Hall–Kier alpha value is -2.97. The van der Waals surface area contributed by atoms with E-state index >= 15 is 0 Å². The average Bonchev–Trinajstić information content (AvgIpc) is 3.08. The minimum atomic E-state index is -0.447. The van der Waals surface area contributed by atoms with E-state index in [1.165, 1.54) is 0 Å². The highest BCUT2D eigenvalue weighted by atomic mass is 16.6. The molecule has 0 unspecified atom stereocenters. The summed E-state index contributed by atoms with van der Waals surface area (Å²) in [4.78, 5) is 16.7. The molecule has 30 heavy (non-hydrogen) atoms. The fourth-order valence-electron chi connectivity index (χ4n) is 4.97. The van der Waals surface area contributed by atoms with E-state index in [2.05, 4.69) is 31.0 Å². The van der Waals surface area contributed by atoms with Gasteiger partial charge in [-0.3, -0.25) is 9.78 Å². The summed E-state index contributed by atoms with van der Waals surface area (Å²) in [5.74, 6) is 0.245. The van der Waals surface area contributed by atoms with E-state index in [1.807, 2.05) is 36.4 Å². The summed E-state index contributed by atoms with van der Waals surface area (Å²) >= 11 is 0. The van der Waals surface area contributed by atoms with Crippen LogP contribution in [0.15, 0.2) is 48.7 Å². The number of aliphatic hydroxyl groups is 1. The number of nitriles is 1. The van der Waals surface area contributed by atoms with Crippen LogP contribution in [0.25, 0.3) is 17.2 Å². The second-order valence-electron chi connectivity index (χ2n) is 8.48. The molecular formula is C25H26N2O3. The van der Waals surface area contributed by atoms with Gasteiger partial charge in [0.05, 0.1) is 29.9 Å². The van der Waals surface area contributed by atoms with Crippen molar-refractivity contribution in [3.05, 3.63) is 59.9 Å². The molecular weight excluding hydrogens is 376 g/mol. The zero-order chi connectivity index (χ0) is 21.3. The fraction of sp³-hybridized carbons (Fsp3) is 0.400. The van der Waals surface area contributed by atoms with Gasteiger partial charge in [-0.2, -0.15) is 5.26 Å². The predicted octanol–water partition coefficient (Wildman–Crippen LogP) is 4.08. The van der Waals surface area contributed by atoms with Crippen molar-refractivity contribution >= 4 is 12.0 Å². The van der Waals surface area contributed by atoms with E-state index in [0.29, 0.717) is 17.4 Å². The van der Waals surface area contributed by atoms with Gasteiger partial charge in [-0.25, -0.2) is 0 Å². The van der Waals surface area contributed by atoms with Crippen LogP contribution in [0.1, 0.15) is 31.5 Å². The maximum atomic E-state index is 12.2. The highest BCUT2D eigenvalue weighted by Gasteiger charge is 2.52. The van der Waals surface area contributed by atoms with E-state index in [-0.39, 0.29) is 30.5 Å². The van der Waals surface area contributed by atoms with Crippen molar-refractivity contribution < 1.29 is 14.6 Å². The van der Waals surface area contributed by atoms with Gasteiger partial charge in [0.1, 0.15) is 6.10 Å². The number of aliphatic hydroxyl groups excluding tert-OH is 1. The Balaban J connectivity index is 1.57. The zero-order valence-electron chi connectivity index (χ0n) is 17.2. The molecule has 0 spiro atoms. The minimum Gasteiger partial charge on any atom is -0.462 e. The van der Waals surface area contributed by atoms with Crippen LogP contribution in [0.3, 0.4) is 0 Å². The summed E-state index contributed by atoms with van der Waals surface area (Å²) in [5, 5.41) is 19.1. The van der Waals surface area contributed by atoms with Crippen molar-refractivity contribution in [2.75, 3.05) is 6.61 Å². The molecule has 1 saturated heterocycles. The smallest absolute Gasteiger partial charge is 0.312 e. The first-order valence-corrected chi connectivity index (χ1v) is 10.5. The predicted molar refractivity (Wildman–Crippen MR) is 114 cm³/mol. The molecule has 1 aromatic heterocycles. The normalized spacial score (nSPS) is 30.7. The maximum absolute atomic E-state index is 12.2. The minimum absolute atomic E-state index is 0.00623. The van der Waals surface area contributed by atoms with Gasteiger partial charge in [0.25, 0.3) is 0 Å². The number of ether oxygens (including phenoxy) is 1. The molecule has 1 aliphatic heterocycles. The number of allylic oxidation sites excluding steroid dienone is 1. The number of hydrogen-bond donors (Lipinski definition) is 1. The highest BCUT2D eigenvalue weighted by molar-refractivity contribution is 5.75. The van der Waals surface area contributed by atoms with E-state index in [1.54, 1.807) is 12.3 Å². The molecule has 1 aliphatic carbocycles. The van der Waals surface area contributed by atoms with Crippen LogP contribution in [0, 0.1) is 40.9 Å². The Morgan fingerprint density at radius 2 is 2.07 bits per heavy atom. The van der Waals surface area contributed by atoms with Gasteiger partial charge in [0.15, 0.2) is 0 Å². The standard InChI is InChI=1S/C25H26N2O3/c1-15-11-23-24(22(14-28)25(29)30-23)20(16(15)2)10-9-19-8-7-18(13-27-19)21-6-4-3-5-17(21)12-26/h3-10,13,15-16,20,22-24,28H,11,14H2,1-2H3/b10-9+/t15-,16+,20-,22+,23+,24+/m0/s1. The molecule has 5 nitrogen and oxygen atoms in total. The molecule has 0 radical (unpaired) electrons. The van der Waals surface area contributed by atoms with E-state index in [9.17, 15) is 15.2 Å². The molecule has 1 aromatic carbocycles. The summed E-state index contributed by atoms with van der Waals surface area (Å²) < 4.78 is 5.58. The van der Waals surface area contributed by atoms with Crippen LogP contribution in [0.5, 0.6) is 0 Å². The summed E-state index contributed by atoms with van der Waals surface area (Å²) in [6.45, 7) is 4.24. The number of carbonyl (C=O) groups excluding carboxylic acids is 1. The molecule has 5 heteroatoms. The van der Waals surface area contributed by atoms with Gasteiger partial charge in [0.2, 0.25) is 0 Å². The summed E-state index contributed by atoms with van der Waals surface area (Å²) in [5.41, 5.74) is 3.22. The third kappa shape index (κ3) is 3.64. The fourth-order valence-corrected chi connectivity index (χ4v) is 4.97. The van der Waals surface area contributed by atoms with Crippen molar-refractivity contribution in [2.45, 2.75) is 26.4 Å². The highest BCUT2D eigenvalue weighted by Crippen LogP contribution is 2.48. The van der Waals surface area contributed by atoms with Crippen LogP contribution in [-0.4, -0.2) is 28.8 Å². The van der Waals surface area contributed by atoms with Gasteiger partial charge < -0.3 is 9.84 Å². The molecule has 2 aromatic rings. The van der Waals surface area contributed by atoms with Crippen molar-refractivity contribution in [2.24, 2.45) is 29.6 Å². The molecule has 6 atom stereocenters. The van der Waals surface area contributed by atoms with Gasteiger partial charge in [0, 0.05) is 23.2 Å². The van der Waals surface area contributed by atoms with Gasteiger partial charge >= 0.3 is 5.97 Å². The first-order valence-electron chi connectivity index (χ1n) is 10.5. The topological polar surface area (TPSA) is 83.2 Å². The molecule has 2 heterocycles. The Bertz CT molecular complexity index is 992. The second-order valence-corrected chi connectivity index (χ2v) is 8.48. The van der Waals surface area contributed by atoms with E-state index in [0.717, 1.165) is 23.2 Å². The van der Waals surface area contributed by atoms with E-state index in [4.69, 9.17) is 4.74 Å². The molecule has 1 saturated carbocycles. The molecule has 154 valence electrons. The van der Waals surface area contributed by atoms with Gasteiger partial charge in [-0.1, -0.05) is 44.2 Å². The molecule has 1 N–H and O–H groups in total. The lowest BCUT2D eigenvalue weighted by molar-refractivity contribution is -0.145. The van der Waals surface area contributed by atoms with Crippen LogP contribution < -0.4 is 0 Å². The maximum Gasteiger partial charge on any atom is 0.312 e. The lowest BCUT2D eigenvalue weighted by Gasteiger charge is -2.40. The lowest BCUT2D eigenvalue weighted by atomic mass is 9.63. The largest absolute Gasteiger partial charge is 0.462 e. The molecule has 2 aliphatic rings. The Labute approximate surface area is 177 Å². The monoisotopic (exact) mass is 402 g/mol. The quantitative estimate of drug-likeness (QED) is 0.779. The number of esters is 1. The number of fused-ring (bicyclic) bond motifs is 1. The van der Waals surface area contributed by atoms with Gasteiger partial charge in [-0.15, -0.1) is 0 Å². The summed E-state index contributed by atoms with van der Waals surface area (Å²) in [6.07, 6.45) is 6.64. The number of nitrogens with zero attached hydrogens (tertiary/aromatic N) is 2. The third-order valence-electron chi connectivity index (χ3n) is 6.85. The molecule has 4 rings (SSSR count). The van der Waals surface area contributed by atoms with Crippen molar-refractivity contribution in [3.63, 3.8) is 0 Å². The molecule has 0 amide bonds. The summed E-state index contributed by atoms with van der Waals surface area (Å²) in [6, 6.07) is 13.6. The lowest BCUT2D eigenvalue weighted by Crippen LogP contribution is -2.41. The number of hydrogen-bond acceptors (Lipinski definition) is 5. The van der Waals surface area contributed by atoms with Crippen molar-refractivity contribution in [3.8, 4) is 17.2 Å². The van der Waals surface area contributed by atoms with Crippen LogP contribution in [0.2, 0.25) is 0 Å². The van der Waals surface area contributed by atoms with Crippen LogP contribution in [0.4, 0.5) is 0 Å². The van der Waals surface area contributed by atoms with Crippen LogP contribution in [-0.2, 0) is 9.53 Å². The Kier molecular flexibility index (Phi) is 5.69. The molecule has 2 fully saturated rings. The number of rotatable bonds is 4. The first kappa shape index (κ1) is 20.3. The molecule has 0 bridgehead atoms. The first-order chi connectivity index (χ1) is 14.5.